The van der Waals surface area contributed by atoms with E-state index in [-0.39, 0.29) is 0 Å². The molecule has 0 bridgehead atoms. The summed E-state index contributed by atoms with van der Waals surface area (Å²) in [5, 5.41) is 10.9. The third-order valence-electron chi connectivity index (χ3n) is 6.21. The van der Waals surface area contributed by atoms with Gasteiger partial charge in [0.2, 0.25) is 0 Å². The molecular weight excluding hydrogens is 408 g/mol. The van der Waals surface area contributed by atoms with Crippen LogP contribution in [-0.4, -0.2) is 10.2 Å². The Labute approximate surface area is 199 Å². The van der Waals surface area contributed by atoms with Gasteiger partial charge in [0.1, 0.15) is 10.0 Å². The molecule has 0 fully saturated rings. The standard InChI is InChI=1S/C29H40N2S/c1-3-5-7-8-9-10-11-13-15-25-18-22-27(23-19-25)29-31-30-28(32-29)26-20-16-24(17-21-26)14-12-6-4-2/h16-23H,3-15H2,1-2H3. The summed E-state index contributed by atoms with van der Waals surface area (Å²) >= 11 is 1.68. The summed E-state index contributed by atoms with van der Waals surface area (Å²) in [6, 6.07) is 17.8. The van der Waals surface area contributed by atoms with Gasteiger partial charge in [0.15, 0.2) is 0 Å². The lowest BCUT2D eigenvalue weighted by Crippen LogP contribution is -1.87. The predicted octanol–water partition coefficient (Wildman–Crippen LogP) is 9.29. The van der Waals surface area contributed by atoms with E-state index in [1.165, 1.54) is 106 Å². The highest BCUT2D eigenvalue weighted by molar-refractivity contribution is 7.17. The minimum Gasteiger partial charge on any atom is -0.138 e. The number of nitrogens with zero attached hydrogens (tertiary/aromatic N) is 2. The van der Waals surface area contributed by atoms with E-state index in [0.717, 1.165) is 10.0 Å². The molecule has 0 N–H and O–H groups in total. The predicted molar refractivity (Wildman–Crippen MR) is 140 cm³/mol. The molecule has 0 spiro atoms. The average molecular weight is 449 g/mol. The molecule has 2 aromatic carbocycles. The van der Waals surface area contributed by atoms with E-state index < -0.39 is 0 Å². The van der Waals surface area contributed by atoms with Gasteiger partial charge in [-0.3, -0.25) is 0 Å². The first-order valence-electron chi connectivity index (χ1n) is 12.8. The molecule has 0 aliphatic heterocycles. The van der Waals surface area contributed by atoms with Gasteiger partial charge in [-0.1, -0.05) is 132 Å². The molecule has 3 aromatic rings. The SMILES string of the molecule is CCCCCCCCCCc1ccc(-c2nnc(-c3ccc(CCCCC)cc3)s2)cc1. The first-order chi connectivity index (χ1) is 15.8. The Kier molecular flexibility index (Phi) is 10.9. The van der Waals surface area contributed by atoms with Crippen molar-refractivity contribution in [3.05, 3.63) is 59.7 Å². The molecule has 0 atom stereocenters. The van der Waals surface area contributed by atoms with E-state index in [1.807, 2.05) is 0 Å². The van der Waals surface area contributed by atoms with Gasteiger partial charge in [0.05, 0.1) is 0 Å². The molecular formula is C29H40N2S. The molecule has 0 amide bonds. The molecule has 172 valence electrons. The highest BCUT2D eigenvalue weighted by atomic mass is 32.1. The van der Waals surface area contributed by atoms with E-state index in [1.54, 1.807) is 11.3 Å². The van der Waals surface area contributed by atoms with Crippen LogP contribution in [0.5, 0.6) is 0 Å². The largest absolute Gasteiger partial charge is 0.148 e. The maximum Gasteiger partial charge on any atom is 0.148 e. The molecule has 1 heterocycles. The number of aryl methyl sites for hydroxylation is 2. The first kappa shape index (κ1) is 24.6. The second-order valence-electron chi connectivity index (χ2n) is 8.99. The highest BCUT2D eigenvalue weighted by Crippen LogP contribution is 2.30. The third kappa shape index (κ3) is 8.16. The van der Waals surface area contributed by atoms with Crippen LogP contribution in [0.2, 0.25) is 0 Å². The minimum absolute atomic E-state index is 1.00. The van der Waals surface area contributed by atoms with Crippen LogP contribution in [0.25, 0.3) is 21.1 Å². The van der Waals surface area contributed by atoms with Gasteiger partial charge in [-0.25, -0.2) is 0 Å². The Morgan fingerprint density at radius 2 is 0.875 bits per heavy atom. The van der Waals surface area contributed by atoms with Crippen LogP contribution >= 0.6 is 11.3 Å². The molecule has 32 heavy (non-hydrogen) atoms. The summed E-state index contributed by atoms with van der Waals surface area (Å²) in [5.41, 5.74) is 5.19. The van der Waals surface area contributed by atoms with Crippen LogP contribution < -0.4 is 0 Å². The number of unbranched alkanes of at least 4 members (excludes halogenated alkanes) is 9. The smallest absolute Gasteiger partial charge is 0.138 e. The molecule has 0 saturated carbocycles. The Balaban J connectivity index is 1.45. The van der Waals surface area contributed by atoms with Gasteiger partial charge in [0.25, 0.3) is 0 Å². The van der Waals surface area contributed by atoms with E-state index in [9.17, 15) is 0 Å². The maximum absolute atomic E-state index is 4.46. The maximum atomic E-state index is 4.46. The van der Waals surface area contributed by atoms with Gasteiger partial charge in [0, 0.05) is 11.1 Å². The van der Waals surface area contributed by atoms with Crippen LogP contribution in [0.1, 0.15) is 95.6 Å². The van der Waals surface area contributed by atoms with Crippen LogP contribution in [0.4, 0.5) is 0 Å². The Hall–Kier alpha value is -2.00. The molecule has 0 aliphatic carbocycles. The Morgan fingerprint density at radius 1 is 0.500 bits per heavy atom. The number of hydrogen-bond donors (Lipinski definition) is 0. The summed E-state index contributed by atoms with van der Waals surface area (Å²) in [6.45, 7) is 4.53. The van der Waals surface area contributed by atoms with Crippen molar-refractivity contribution < 1.29 is 0 Å². The van der Waals surface area contributed by atoms with E-state index in [0.29, 0.717) is 0 Å². The zero-order valence-electron chi connectivity index (χ0n) is 20.1. The molecule has 1 aromatic heterocycles. The summed E-state index contributed by atoms with van der Waals surface area (Å²) in [6.07, 6.45) is 17.2. The van der Waals surface area contributed by atoms with E-state index >= 15 is 0 Å². The third-order valence-corrected chi connectivity index (χ3v) is 7.24. The second-order valence-corrected chi connectivity index (χ2v) is 9.97. The van der Waals surface area contributed by atoms with Crippen molar-refractivity contribution in [2.24, 2.45) is 0 Å². The number of hydrogen-bond acceptors (Lipinski definition) is 3. The zero-order valence-corrected chi connectivity index (χ0v) is 20.9. The lowest BCUT2D eigenvalue weighted by atomic mass is 10.0. The number of benzene rings is 2. The van der Waals surface area contributed by atoms with Crippen LogP contribution in [0.3, 0.4) is 0 Å². The van der Waals surface area contributed by atoms with Crippen molar-refractivity contribution in [3.63, 3.8) is 0 Å². The van der Waals surface area contributed by atoms with Crippen molar-refractivity contribution in [3.8, 4) is 21.1 Å². The normalized spacial score (nSPS) is 11.2. The van der Waals surface area contributed by atoms with Crippen molar-refractivity contribution >= 4 is 11.3 Å². The summed E-state index contributed by atoms with van der Waals surface area (Å²) < 4.78 is 0. The Bertz CT molecular complexity index is 880. The molecule has 0 aliphatic rings. The van der Waals surface area contributed by atoms with Crippen molar-refractivity contribution in [1.29, 1.82) is 0 Å². The monoisotopic (exact) mass is 448 g/mol. The fraction of sp³-hybridized carbons (Fsp3) is 0.517. The number of aromatic nitrogens is 2. The topological polar surface area (TPSA) is 25.8 Å². The molecule has 3 rings (SSSR count). The average Bonchev–Trinajstić information content (AvgIpc) is 3.32. The van der Waals surface area contributed by atoms with Crippen molar-refractivity contribution in [1.82, 2.24) is 10.2 Å². The first-order valence-corrected chi connectivity index (χ1v) is 13.6. The highest BCUT2D eigenvalue weighted by Gasteiger charge is 2.09. The molecule has 2 nitrogen and oxygen atoms in total. The lowest BCUT2D eigenvalue weighted by molar-refractivity contribution is 0.575. The zero-order chi connectivity index (χ0) is 22.4. The van der Waals surface area contributed by atoms with Gasteiger partial charge in [-0.05, 0) is 36.8 Å². The summed E-state index contributed by atoms with van der Waals surface area (Å²) in [7, 11) is 0. The van der Waals surface area contributed by atoms with E-state index in [2.05, 4.69) is 72.6 Å². The van der Waals surface area contributed by atoms with Crippen molar-refractivity contribution in [2.45, 2.75) is 97.3 Å². The fourth-order valence-electron chi connectivity index (χ4n) is 4.13. The number of rotatable bonds is 15. The van der Waals surface area contributed by atoms with Gasteiger partial charge < -0.3 is 0 Å². The second kappa shape index (κ2) is 14.2. The molecule has 3 heteroatoms. The van der Waals surface area contributed by atoms with E-state index in [4.69, 9.17) is 0 Å². The summed E-state index contributed by atoms with van der Waals surface area (Å²) in [5.74, 6) is 0. The van der Waals surface area contributed by atoms with Gasteiger partial charge in [-0.15, -0.1) is 10.2 Å². The van der Waals surface area contributed by atoms with Crippen LogP contribution in [-0.2, 0) is 12.8 Å². The van der Waals surface area contributed by atoms with Gasteiger partial charge in [-0.2, -0.15) is 0 Å². The minimum atomic E-state index is 1.00. The molecule has 0 saturated heterocycles. The van der Waals surface area contributed by atoms with Crippen LogP contribution in [0, 0.1) is 0 Å². The van der Waals surface area contributed by atoms with Crippen LogP contribution in [0.15, 0.2) is 48.5 Å². The lowest BCUT2D eigenvalue weighted by Gasteiger charge is -2.04. The molecule has 0 radical (unpaired) electrons. The van der Waals surface area contributed by atoms with Crippen molar-refractivity contribution in [2.75, 3.05) is 0 Å². The Morgan fingerprint density at radius 3 is 1.34 bits per heavy atom. The van der Waals surface area contributed by atoms with Gasteiger partial charge >= 0.3 is 0 Å². The molecule has 0 unspecified atom stereocenters. The summed E-state index contributed by atoms with van der Waals surface area (Å²) in [4.78, 5) is 0. The quantitative estimate of drug-likeness (QED) is 0.216. The fourth-order valence-corrected chi connectivity index (χ4v) is 4.98.